The number of carbonyl (C=O) groups is 1. The number of aliphatic hydroxyl groups excluding tert-OH is 1. The van der Waals surface area contributed by atoms with Crippen molar-refractivity contribution in [1.82, 2.24) is 4.90 Å². The minimum absolute atomic E-state index is 0.244. The summed E-state index contributed by atoms with van der Waals surface area (Å²) in [6, 6.07) is 10.4. The van der Waals surface area contributed by atoms with Crippen molar-refractivity contribution < 1.29 is 9.90 Å². The van der Waals surface area contributed by atoms with Gasteiger partial charge in [-0.05, 0) is 61.7 Å². The van der Waals surface area contributed by atoms with Gasteiger partial charge < -0.3 is 10.0 Å². The Morgan fingerprint density at radius 2 is 1.88 bits per heavy atom. The van der Waals surface area contributed by atoms with Gasteiger partial charge in [0.2, 0.25) is 5.91 Å². The molecule has 1 aliphatic carbocycles. The number of aliphatic hydroxyl groups is 1. The number of aryl methyl sites for hydroxylation is 1. The van der Waals surface area contributed by atoms with Crippen LogP contribution in [0.3, 0.4) is 0 Å². The Morgan fingerprint density at radius 3 is 2.54 bits per heavy atom. The Morgan fingerprint density at radius 1 is 1.17 bits per heavy atom. The minimum atomic E-state index is -0.244. The van der Waals surface area contributed by atoms with Crippen molar-refractivity contribution in [2.45, 2.75) is 44.6 Å². The van der Waals surface area contributed by atoms with Crippen LogP contribution in [-0.2, 0) is 11.2 Å². The van der Waals surface area contributed by atoms with Crippen molar-refractivity contribution in [2.75, 3.05) is 24.6 Å². The average Bonchev–Trinajstić information content (AvgIpc) is 3.45. The Hall–Kier alpha value is -1.00. The fourth-order valence-electron chi connectivity index (χ4n) is 3.42. The molecule has 4 heteroatoms. The topological polar surface area (TPSA) is 40.5 Å². The lowest BCUT2D eigenvalue weighted by atomic mass is 9.88. The van der Waals surface area contributed by atoms with E-state index in [2.05, 4.69) is 12.1 Å². The van der Waals surface area contributed by atoms with E-state index in [1.165, 1.54) is 18.4 Å². The molecule has 0 spiro atoms. The molecular formula is C20H29NO2S. The summed E-state index contributed by atoms with van der Waals surface area (Å²) in [5, 5.41) is 10.5. The van der Waals surface area contributed by atoms with E-state index in [4.69, 9.17) is 0 Å². The molecule has 2 aliphatic rings. The number of rotatable bonds is 8. The number of amides is 1. The molecule has 1 saturated carbocycles. The van der Waals surface area contributed by atoms with Gasteiger partial charge in [-0.1, -0.05) is 30.3 Å². The molecule has 1 N–H and O–H groups in total. The van der Waals surface area contributed by atoms with Crippen LogP contribution in [0, 0.1) is 11.8 Å². The first kappa shape index (κ1) is 17.8. The van der Waals surface area contributed by atoms with E-state index >= 15 is 0 Å². The van der Waals surface area contributed by atoms with Gasteiger partial charge in [0.25, 0.3) is 0 Å². The number of hydrogen-bond donors (Lipinski definition) is 1. The van der Waals surface area contributed by atoms with Gasteiger partial charge in [-0.3, -0.25) is 4.79 Å². The smallest absolute Gasteiger partial charge is 0.232 e. The lowest BCUT2D eigenvalue weighted by Gasteiger charge is -2.34. The molecule has 132 valence electrons. The molecule has 0 radical (unpaired) electrons. The third-order valence-corrected chi connectivity index (χ3v) is 6.44. The van der Waals surface area contributed by atoms with Crippen LogP contribution < -0.4 is 0 Å². The van der Waals surface area contributed by atoms with Crippen molar-refractivity contribution >= 4 is 17.7 Å². The Balaban J connectivity index is 1.33. The highest BCUT2D eigenvalue weighted by Gasteiger charge is 2.27. The molecule has 1 atom stereocenters. The van der Waals surface area contributed by atoms with Crippen LogP contribution in [0.4, 0.5) is 0 Å². The Labute approximate surface area is 149 Å². The summed E-state index contributed by atoms with van der Waals surface area (Å²) in [6.45, 7) is 1.63. The Bertz CT molecular complexity index is 510. The van der Waals surface area contributed by atoms with E-state index < -0.39 is 0 Å². The number of thioether (sulfide) groups is 1. The van der Waals surface area contributed by atoms with Gasteiger partial charge in [0, 0.05) is 13.1 Å². The van der Waals surface area contributed by atoms with Gasteiger partial charge in [-0.15, -0.1) is 0 Å². The van der Waals surface area contributed by atoms with Gasteiger partial charge in [0.1, 0.15) is 0 Å². The summed E-state index contributed by atoms with van der Waals surface area (Å²) in [4.78, 5) is 14.2. The first-order chi connectivity index (χ1) is 11.7. The van der Waals surface area contributed by atoms with E-state index in [9.17, 15) is 9.90 Å². The molecule has 0 aromatic heterocycles. The van der Waals surface area contributed by atoms with Gasteiger partial charge in [-0.2, -0.15) is 11.8 Å². The molecule has 3 nitrogen and oxygen atoms in total. The number of piperidine rings is 1. The third-order valence-electron chi connectivity index (χ3n) is 5.28. The summed E-state index contributed by atoms with van der Waals surface area (Å²) in [7, 11) is 0. The van der Waals surface area contributed by atoms with Crippen molar-refractivity contribution in [3.63, 3.8) is 0 Å². The molecule has 1 unspecified atom stereocenters. The zero-order valence-electron chi connectivity index (χ0n) is 14.4. The van der Waals surface area contributed by atoms with Crippen LogP contribution in [0.2, 0.25) is 0 Å². The van der Waals surface area contributed by atoms with Gasteiger partial charge in [0.15, 0.2) is 0 Å². The van der Waals surface area contributed by atoms with E-state index in [1.54, 1.807) is 11.8 Å². The monoisotopic (exact) mass is 347 g/mol. The second-order valence-electron chi connectivity index (χ2n) is 7.27. The van der Waals surface area contributed by atoms with Gasteiger partial charge in [0.05, 0.1) is 11.9 Å². The largest absolute Gasteiger partial charge is 0.393 e. The summed E-state index contributed by atoms with van der Waals surface area (Å²) >= 11 is 1.80. The number of nitrogens with zero attached hydrogens (tertiary/aromatic N) is 1. The number of hydrogen-bond acceptors (Lipinski definition) is 3. The first-order valence-corrected chi connectivity index (χ1v) is 10.5. The molecule has 3 rings (SSSR count). The lowest BCUT2D eigenvalue weighted by Crippen LogP contribution is -2.42. The SMILES string of the molecule is O=C(CSCC1CC1)N1CCC(C(O)CCc2ccccc2)CC1. The quantitative estimate of drug-likeness (QED) is 0.784. The van der Waals surface area contributed by atoms with E-state index in [0.717, 1.165) is 50.4 Å². The maximum atomic E-state index is 12.2. The zero-order chi connectivity index (χ0) is 16.8. The molecule has 1 aliphatic heterocycles. The van der Waals surface area contributed by atoms with Crippen LogP contribution in [0.1, 0.15) is 37.7 Å². The van der Waals surface area contributed by atoms with Crippen LogP contribution in [-0.4, -0.2) is 46.6 Å². The van der Waals surface area contributed by atoms with Crippen LogP contribution in [0.25, 0.3) is 0 Å². The first-order valence-electron chi connectivity index (χ1n) is 9.30. The van der Waals surface area contributed by atoms with E-state index in [0.29, 0.717) is 11.7 Å². The van der Waals surface area contributed by atoms with Crippen LogP contribution in [0.5, 0.6) is 0 Å². The van der Waals surface area contributed by atoms with Crippen molar-refractivity contribution in [1.29, 1.82) is 0 Å². The second kappa shape index (κ2) is 8.91. The Kier molecular flexibility index (Phi) is 6.61. The summed E-state index contributed by atoms with van der Waals surface area (Å²) < 4.78 is 0. The molecule has 1 saturated heterocycles. The highest BCUT2D eigenvalue weighted by atomic mass is 32.2. The van der Waals surface area contributed by atoms with Crippen LogP contribution in [0.15, 0.2) is 30.3 Å². The molecule has 1 aromatic carbocycles. The van der Waals surface area contributed by atoms with E-state index in [-0.39, 0.29) is 12.0 Å². The highest BCUT2D eigenvalue weighted by molar-refractivity contribution is 7.99. The van der Waals surface area contributed by atoms with Crippen molar-refractivity contribution in [3.05, 3.63) is 35.9 Å². The fraction of sp³-hybridized carbons (Fsp3) is 0.650. The van der Waals surface area contributed by atoms with E-state index in [1.807, 2.05) is 23.1 Å². The third kappa shape index (κ3) is 5.52. The predicted molar refractivity (Wildman–Crippen MR) is 100 cm³/mol. The normalized spacial score (nSPS) is 20.1. The number of benzene rings is 1. The molecule has 24 heavy (non-hydrogen) atoms. The van der Waals surface area contributed by atoms with Gasteiger partial charge >= 0.3 is 0 Å². The highest BCUT2D eigenvalue weighted by Crippen LogP contribution is 2.32. The predicted octanol–water partition coefficient (Wildman–Crippen LogP) is 3.36. The minimum Gasteiger partial charge on any atom is -0.393 e. The standard InChI is InChI=1S/C20H29NO2S/c22-19(9-8-16-4-2-1-3-5-16)18-10-12-21(13-11-18)20(23)15-24-14-17-6-7-17/h1-5,17-19,22H,6-15H2. The molecule has 0 bridgehead atoms. The summed E-state index contributed by atoms with van der Waals surface area (Å²) in [5.41, 5.74) is 1.29. The maximum Gasteiger partial charge on any atom is 0.232 e. The molecule has 1 aromatic rings. The fourth-order valence-corrected chi connectivity index (χ4v) is 4.56. The lowest BCUT2D eigenvalue weighted by molar-refractivity contribution is -0.130. The molecular weight excluding hydrogens is 318 g/mol. The maximum absolute atomic E-state index is 12.2. The second-order valence-corrected chi connectivity index (χ2v) is 8.30. The van der Waals surface area contributed by atoms with Crippen molar-refractivity contribution in [3.8, 4) is 0 Å². The average molecular weight is 348 g/mol. The zero-order valence-corrected chi connectivity index (χ0v) is 15.2. The summed E-state index contributed by atoms with van der Waals surface area (Å²) in [6.07, 6.45) is 6.09. The number of likely N-dealkylation sites (tertiary alicyclic amines) is 1. The van der Waals surface area contributed by atoms with Crippen molar-refractivity contribution in [2.24, 2.45) is 11.8 Å². The molecule has 1 amide bonds. The molecule has 2 fully saturated rings. The van der Waals surface area contributed by atoms with Crippen LogP contribution >= 0.6 is 11.8 Å². The van der Waals surface area contributed by atoms with Gasteiger partial charge in [-0.25, -0.2) is 0 Å². The number of carbonyl (C=O) groups excluding carboxylic acids is 1. The summed E-state index contributed by atoms with van der Waals surface area (Å²) in [5.74, 6) is 3.31. The molecule has 1 heterocycles.